The Morgan fingerprint density at radius 2 is 1.02 bits per heavy atom. The van der Waals surface area contributed by atoms with Crippen LogP contribution in [0.15, 0.2) is 174 Å². The zero-order valence-electron chi connectivity index (χ0n) is 24.6. The van der Waals surface area contributed by atoms with E-state index >= 15 is 0 Å². The van der Waals surface area contributed by atoms with E-state index in [0.717, 1.165) is 33.3 Å². The Labute approximate surface area is 262 Å². The van der Waals surface area contributed by atoms with Gasteiger partial charge in [-0.05, 0) is 57.1 Å². The first-order valence-electron chi connectivity index (χ1n) is 15.4. The fourth-order valence-electron chi connectivity index (χ4n) is 7.55. The van der Waals surface area contributed by atoms with Gasteiger partial charge in [-0.25, -0.2) is 0 Å². The standard InChI is InChI=1S/C43H29NO/c1-4-15-29(16-5-1)32-22-13-28-39-40(32)34-23-12-27-38(42(34)45-39)44-37-26-14-25-36-41(37)33-21-10-11-24-35(33)43(36,30-17-6-2-7-18-30)31-19-8-3-9-20-31/h1-28,44H. The molecule has 1 N–H and O–H groups in total. The SMILES string of the molecule is c1ccc(-c2cccc3oc4c(Nc5cccc6c5-c5ccccc5C6(c5ccccc5)c5ccccc5)cccc4c23)cc1. The van der Waals surface area contributed by atoms with E-state index in [1.165, 1.54) is 44.5 Å². The van der Waals surface area contributed by atoms with Crippen LogP contribution >= 0.6 is 0 Å². The summed E-state index contributed by atoms with van der Waals surface area (Å²) in [7, 11) is 0. The van der Waals surface area contributed by atoms with E-state index < -0.39 is 5.41 Å². The second-order valence-electron chi connectivity index (χ2n) is 11.7. The van der Waals surface area contributed by atoms with Crippen LogP contribution in [0.1, 0.15) is 22.3 Å². The molecule has 0 fully saturated rings. The molecule has 1 aliphatic rings. The van der Waals surface area contributed by atoms with Gasteiger partial charge in [0.25, 0.3) is 0 Å². The minimum absolute atomic E-state index is 0.442. The predicted molar refractivity (Wildman–Crippen MR) is 186 cm³/mol. The van der Waals surface area contributed by atoms with Gasteiger partial charge >= 0.3 is 0 Å². The van der Waals surface area contributed by atoms with Gasteiger partial charge < -0.3 is 9.73 Å². The van der Waals surface area contributed by atoms with E-state index in [2.05, 4.69) is 175 Å². The van der Waals surface area contributed by atoms with Gasteiger partial charge in [0, 0.05) is 22.0 Å². The van der Waals surface area contributed by atoms with Crippen molar-refractivity contribution in [2.45, 2.75) is 5.41 Å². The Kier molecular flexibility index (Phi) is 5.76. The maximum Gasteiger partial charge on any atom is 0.158 e. The highest BCUT2D eigenvalue weighted by Crippen LogP contribution is 2.58. The van der Waals surface area contributed by atoms with E-state index in [1.54, 1.807) is 0 Å². The number of nitrogens with one attached hydrogen (secondary N) is 1. The summed E-state index contributed by atoms with van der Waals surface area (Å²) in [5, 5.41) is 6.09. The highest BCUT2D eigenvalue weighted by molar-refractivity contribution is 6.15. The van der Waals surface area contributed by atoms with Gasteiger partial charge in [-0.3, -0.25) is 0 Å². The molecule has 0 saturated heterocycles. The first-order valence-corrected chi connectivity index (χ1v) is 15.4. The molecule has 7 aromatic carbocycles. The van der Waals surface area contributed by atoms with Gasteiger partial charge in [-0.1, -0.05) is 152 Å². The van der Waals surface area contributed by atoms with Crippen molar-refractivity contribution in [2.75, 3.05) is 5.32 Å². The number of hydrogen-bond acceptors (Lipinski definition) is 2. The topological polar surface area (TPSA) is 25.2 Å². The first kappa shape index (κ1) is 25.6. The largest absolute Gasteiger partial charge is 0.454 e. The number of hydrogen-bond donors (Lipinski definition) is 1. The summed E-state index contributed by atoms with van der Waals surface area (Å²) in [6, 6.07) is 60.7. The van der Waals surface area contributed by atoms with Gasteiger partial charge in [-0.15, -0.1) is 0 Å². The second kappa shape index (κ2) is 10.1. The molecule has 1 aliphatic carbocycles. The lowest BCUT2D eigenvalue weighted by atomic mass is 9.68. The smallest absolute Gasteiger partial charge is 0.158 e. The van der Waals surface area contributed by atoms with E-state index in [0.29, 0.717) is 0 Å². The van der Waals surface area contributed by atoms with E-state index in [1.807, 2.05) is 0 Å². The van der Waals surface area contributed by atoms with Crippen molar-refractivity contribution in [1.82, 2.24) is 0 Å². The van der Waals surface area contributed by atoms with Gasteiger partial charge in [0.2, 0.25) is 0 Å². The molecular weight excluding hydrogens is 546 g/mol. The zero-order chi connectivity index (χ0) is 29.8. The van der Waals surface area contributed by atoms with Crippen LogP contribution in [0, 0.1) is 0 Å². The second-order valence-corrected chi connectivity index (χ2v) is 11.7. The van der Waals surface area contributed by atoms with E-state index in [-0.39, 0.29) is 0 Å². The van der Waals surface area contributed by atoms with Gasteiger partial charge in [0.15, 0.2) is 5.58 Å². The number of anilines is 2. The number of benzene rings is 7. The number of rotatable bonds is 5. The zero-order valence-corrected chi connectivity index (χ0v) is 24.6. The Morgan fingerprint density at radius 1 is 0.444 bits per heavy atom. The van der Waals surface area contributed by atoms with Crippen molar-refractivity contribution in [2.24, 2.45) is 0 Å². The molecule has 0 amide bonds. The highest BCUT2D eigenvalue weighted by Gasteiger charge is 2.46. The van der Waals surface area contributed by atoms with Crippen molar-refractivity contribution >= 4 is 33.3 Å². The molecule has 1 aromatic heterocycles. The third-order valence-electron chi connectivity index (χ3n) is 9.36. The van der Waals surface area contributed by atoms with Crippen molar-refractivity contribution in [1.29, 1.82) is 0 Å². The summed E-state index contributed by atoms with van der Waals surface area (Å²) >= 11 is 0. The van der Waals surface area contributed by atoms with Gasteiger partial charge in [0.05, 0.1) is 11.1 Å². The highest BCUT2D eigenvalue weighted by atomic mass is 16.3. The third-order valence-corrected chi connectivity index (χ3v) is 9.36. The fourth-order valence-corrected chi connectivity index (χ4v) is 7.55. The lowest BCUT2D eigenvalue weighted by molar-refractivity contribution is 0.670. The Bertz CT molecular complexity index is 2300. The Hall–Kier alpha value is -5.86. The molecule has 45 heavy (non-hydrogen) atoms. The number of furan rings is 1. The fraction of sp³-hybridized carbons (Fsp3) is 0.0233. The molecule has 0 bridgehead atoms. The molecule has 0 radical (unpaired) electrons. The van der Waals surface area contributed by atoms with Crippen LogP contribution in [0.3, 0.4) is 0 Å². The summed E-state index contributed by atoms with van der Waals surface area (Å²) in [6.45, 7) is 0. The first-order chi connectivity index (χ1) is 22.3. The van der Waals surface area contributed by atoms with Crippen molar-refractivity contribution < 1.29 is 4.42 Å². The normalized spacial score (nSPS) is 13.1. The predicted octanol–water partition coefficient (Wildman–Crippen LogP) is 11.4. The summed E-state index contributed by atoms with van der Waals surface area (Å²) in [5.41, 5.74) is 13.2. The maximum atomic E-state index is 6.62. The summed E-state index contributed by atoms with van der Waals surface area (Å²) < 4.78 is 6.62. The molecule has 0 spiro atoms. The molecule has 0 aliphatic heterocycles. The monoisotopic (exact) mass is 575 g/mol. The Morgan fingerprint density at radius 3 is 1.78 bits per heavy atom. The van der Waals surface area contributed by atoms with Crippen LogP contribution in [0.4, 0.5) is 11.4 Å². The van der Waals surface area contributed by atoms with Crippen LogP contribution in [-0.4, -0.2) is 0 Å². The van der Waals surface area contributed by atoms with Crippen molar-refractivity contribution in [3.05, 3.63) is 192 Å². The van der Waals surface area contributed by atoms with E-state index in [4.69, 9.17) is 4.42 Å². The van der Waals surface area contributed by atoms with E-state index in [9.17, 15) is 0 Å². The van der Waals surface area contributed by atoms with Crippen LogP contribution in [0.5, 0.6) is 0 Å². The molecular formula is C43H29NO. The molecule has 2 nitrogen and oxygen atoms in total. The number of fused-ring (bicyclic) bond motifs is 6. The summed E-state index contributed by atoms with van der Waals surface area (Å²) in [6.07, 6.45) is 0. The third kappa shape index (κ3) is 3.76. The molecule has 0 unspecified atom stereocenters. The maximum absolute atomic E-state index is 6.62. The minimum atomic E-state index is -0.442. The van der Waals surface area contributed by atoms with Crippen LogP contribution in [0.25, 0.3) is 44.2 Å². The Balaban J connectivity index is 1.27. The van der Waals surface area contributed by atoms with Gasteiger partial charge in [0.1, 0.15) is 5.58 Å². The molecule has 8 aromatic rings. The van der Waals surface area contributed by atoms with Gasteiger partial charge in [-0.2, -0.15) is 0 Å². The molecule has 0 atom stereocenters. The van der Waals surface area contributed by atoms with Crippen LogP contribution in [-0.2, 0) is 5.41 Å². The molecule has 212 valence electrons. The summed E-state index contributed by atoms with van der Waals surface area (Å²) in [4.78, 5) is 0. The van der Waals surface area contributed by atoms with Crippen molar-refractivity contribution in [3.8, 4) is 22.3 Å². The molecule has 9 rings (SSSR count). The molecule has 2 heteroatoms. The lowest BCUT2D eigenvalue weighted by Gasteiger charge is -2.33. The molecule has 1 heterocycles. The molecule has 0 saturated carbocycles. The van der Waals surface area contributed by atoms with Crippen LogP contribution < -0.4 is 5.32 Å². The number of para-hydroxylation sites is 1. The average Bonchev–Trinajstić information content (AvgIpc) is 3.65. The quantitative estimate of drug-likeness (QED) is 0.221. The lowest BCUT2D eigenvalue weighted by Crippen LogP contribution is -2.28. The average molecular weight is 576 g/mol. The van der Waals surface area contributed by atoms with Crippen LogP contribution in [0.2, 0.25) is 0 Å². The summed E-state index contributed by atoms with van der Waals surface area (Å²) in [5.74, 6) is 0. The minimum Gasteiger partial charge on any atom is -0.454 e. The van der Waals surface area contributed by atoms with Crippen molar-refractivity contribution in [3.63, 3.8) is 0 Å².